The van der Waals surface area contributed by atoms with E-state index in [0.29, 0.717) is 18.1 Å². The number of rotatable bonds is 7. The summed E-state index contributed by atoms with van der Waals surface area (Å²) in [6.45, 7) is 12.2. The number of halogens is 2. The Hall–Kier alpha value is -3.06. The largest absolute Gasteiger partial charge is 0.323 e. The van der Waals surface area contributed by atoms with Crippen molar-refractivity contribution in [1.29, 1.82) is 0 Å². The zero-order chi connectivity index (χ0) is 22.5. The van der Waals surface area contributed by atoms with Crippen LogP contribution >= 0.6 is 15.9 Å². The molecule has 0 saturated heterocycles. The number of aromatic nitrogens is 2. The number of hydrogen-bond donors (Lipinski definition) is 2. The summed E-state index contributed by atoms with van der Waals surface area (Å²) in [5.41, 5.74) is 0.764. The van der Waals surface area contributed by atoms with Gasteiger partial charge in [0.15, 0.2) is 5.82 Å². The van der Waals surface area contributed by atoms with Crippen molar-refractivity contribution in [1.82, 2.24) is 10.2 Å². The smallest absolute Gasteiger partial charge is 0.153 e. The van der Waals surface area contributed by atoms with Gasteiger partial charge in [-0.05, 0) is 50.3 Å². The van der Waals surface area contributed by atoms with Gasteiger partial charge >= 0.3 is 0 Å². The highest BCUT2D eigenvalue weighted by atomic mass is 79.9. The number of H-pyrrole nitrogens is 1. The van der Waals surface area contributed by atoms with E-state index in [2.05, 4.69) is 49.6 Å². The number of ketones is 1. The van der Waals surface area contributed by atoms with Crippen LogP contribution in [0.1, 0.15) is 26.5 Å². The highest BCUT2D eigenvalue weighted by molar-refractivity contribution is 9.10. The second kappa shape index (κ2) is 13.2. The molecule has 1 aromatic carbocycles. The van der Waals surface area contributed by atoms with Crippen LogP contribution in [0, 0.1) is 0 Å². The Labute approximate surface area is 184 Å². The lowest BCUT2D eigenvalue weighted by Gasteiger charge is -2.04. The second-order valence-electron chi connectivity index (χ2n) is 6.19. The molecule has 2 aromatic rings. The molecule has 2 rings (SSSR count). The van der Waals surface area contributed by atoms with Crippen molar-refractivity contribution in [2.24, 2.45) is 4.99 Å². The predicted molar refractivity (Wildman–Crippen MR) is 127 cm³/mol. The summed E-state index contributed by atoms with van der Waals surface area (Å²) in [6, 6.07) is 7.59. The summed E-state index contributed by atoms with van der Waals surface area (Å²) in [6.07, 6.45) is 8.28. The minimum absolute atomic E-state index is 0.0823. The summed E-state index contributed by atoms with van der Waals surface area (Å²) in [7, 11) is 0. The average Bonchev–Trinajstić information content (AvgIpc) is 3.08. The molecule has 7 heteroatoms. The monoisotopic (exact) mass is 472 g/mol. The van der Waals surface area contributed by atoms with Crippen molar-refractivity contribution in [3.8, 4) is 0 Å². The maximum atomic E-state index is 11.8. The van der Waals surface area contributed by atoms with Crippen LogP contribution in [0.15, 0.2) is 70.4 Å². The van der Waals surface area contributed by atoms with E-state index in [4.69, 9.17) is 0 Å². The van der Waals surface area contributed by atoms with E-state index in [1.807, 2.05) is 25.1 Å². The molecule has 1 heterocycles. The molecule has 0 atom stereocenters. The molecule has 0 aliphatic rings. The third-order valence-corrected chi connectivity index (χ3v) is 3.96. The molecule has 0 radical (unpaired) electrons. The standard InChI is InChI=1S/C16H17BrN4O.C7H9F/c1-4-18-16(14-6-5-12(17)7-10(14)2)19-15-9-13(20-21-15)8-11(3)22;1-3-4-5-6-7(2)8/h4-7,9H,2,8H2,1,3H3,(H2,19,20,21);3-6H,1H2,2H3/b16-14+,18-4-;5-4-,7-6+. The summed E-state index contributed by atoms with van der Waals surface area (Å²) < 4.78 is 12.8. The molecular weight excluding hydrogens is 447 g/mol. The van der Waals surface area contributed by atoms with E-state index in [1.165, 1.54) is 13.0 Å². The van der Waals surface area contributed by atoms with Crippen molar-refractivity contribution in [3.63, 3.8) is 0 Å². The van der Waals surface area contributed by atoms with Gasteiger partial charge < -0.3 is 5.32 Å². The highest BCUT2D eigenvalue weighted by Gasteiger charge is 2.05. The molecule has 0 fully saturated rings. The first-order valence-electron chi connectivity index (χ1n) is 9.16. The van der Waals surface area contributed by atoms with Crippen LogP contribution in [-0.2, 0) is 11.2 Å². The van der Waals surface area contributed by atoms with E-state index < -0.39 is 0 Å². The molecule has 0 unspecified atom stereocenters. The second-order valence-corrected chi connectivity index (χ2v) is 7.11. The summed E-state index contributed by atoms with van der Waals surface area (Å²) >= 11 is 3.42. The lowest BCUT2D eigenvalue weighted by Crippen LogP contribution is -2.27. The molecule has 0 aliphatic carbocycles. The van der Waals surface area contributed by atoms with Gasteiger partial charge in [-0.3, -0.25) is 9.89 Å². The van der Waals surface area contributed by atoms with E-state index in [0.717, 1.165) is 20.6 Å². The molecule has 0 aliphatic heterocycles. The van der Waals surface area contributed by atoms with Crippen molar-refractivity contribution >= 4 is 46.1 Å². The summed E-state index contributed by atoms with van der Waals surface area (Å²) in [5, 5.41) is 11.9. The van der Waals surface area contributed by atoms with Crippen LogP contribution in [0.3, 0.4) is 0 Å². The maximum absolute atomic E-state index is 11.8. The van der Waals surface area contributed by atoms with Gasteiger partial charge in [0.25, 0.3) is 0 Å². The summed E-state index contributed by atoms with van der Waals surface area (Å²) in [4.78, 5) is 15.5. The highest BCUT2D eigenvalue weighted by Crippen LogP contribution is 2.10. The number of carbonyl (C=O) groups is 1. The Balaban J connectivity index is 0.000000479. The molecule has 0 bridgehead atoms. The molecule has 0 spiro atoms. The van der Waals surface area contributed by atoms with Crippen molar-refractivity contribution in [2.45, 2.75) is 27.2 Å². The number of anilines is 1. The molecule has 30 heavy (non-hydrogen) atoms. The number of carbonyl (C=O) groups excluding carboxylic acids is 1. The molecular formula is C23H26BrFN4O. The third-order valence-electron chi connectivity index (χ3n) is 3.47. The van der Waals surface area contributed by atoms with E-state index in [-0.39, 0.29) is 11.6 Å². The Kier molecular flexibility index (Phi) is 11.0. The van der Waals surface area contributed by atoms with Gasteiger partial charge in [-0.2, -0.15) is 5.10 Å². The van der Waals surface area contributed by atoms with Gasteiger partial charge in [0.1, 0.15) is 11.6 Å². The first-order valence-corrected chi connectivity index (χ1v) is 9.95. The van der Waals surface area contributed by atoms with Crippen LogP contribution in [-0.4, -0.2) is 22.2 Å². The number of hydrogen-bond acceptors (Lipinski definition) is 4. The molecule has 158 valence electrons. The van der Waals surface area contributed by atoms with E-state index in [1.54, 1.807) is 37.4 Å². The number of nitrogens with one attached hydrogen (secondary N) is 2. The Bertz CT molecular complexity index is 1060. The number of nitrogens with zero attached hydrogens (tertiary/aromatic N) is 2. The SMILES string of the molecule is C=C/C=C\C=C(/C)F.C=c1cc(Br)cc/c1=C(/N=C\C)Nc1cc(CC(C)=O)[nH]n1. The first-order chi connectivity index (χ1) is 14.3. The fraction of sp³-hybridized carbons (Fsp3) is 0.174. The van der Waals surface area contributed by atoms with Gasteiger partial charge in [-0.1, -0.05) is 47.3 Å². The number of aromatic amines is 1. The zero-order valence-electron chi connectivity index (χ0n) is 17.4. The molecule has 1 aromatic heterocycles. The summed E-state index contributed by atoms with van der Waals surface area (Å²) in [5.74, 6) is 1.15. The number of benzene rings is 1. The molecule has 2 N–H and O–H groups in total. The maximum Gasteiger partial charge on any atom is 0.153 e. The minimum Gasteiger partial charge on any atom is -0.323 e. The van der Waals surface area contributed by atoms with Gasteiger partial charge in [-0.15, -0.1) is 0 Å². The van der Waals surface area contributed by atoms with Gasteiger partial charge in [0.05, 0.1) is 5.83 Å². The van der Waals surface area contributed by atoms with Crippen LogP contribution in [0.5, 0.6) is 0 Å². The Morgan fingerprint density at radius 1 is 1.33 bits per heavy atom. The van der Waals surface area contributed by atoms with Crippen LogP contribution < -0.4 is 15.8 Å². The van der Waals surface area contributed by atoms with Crippen LogP contribution in [0.25, 0.3) is 12.4 Å². The predicted octanol–water partition coefficient (Wildman–Crippen LogP) is 4.58. The third kappa shape index (κ3) is 9.43. The molecule has 0 saturated carbocycles. The van der Waals surface area contributed by atoms with Crippen molar-refractivity contribution in [2.75, 3.05) is 5.32 Å². The quantitative estimate of drug-likeness (QED) is 0.457. The fourth-order valence-electron chi connectivity index (χ4n) is 2.26. The lowest BCUT2D eigenvalue weighted by molar-refractivity contribution is -0.116. The van der Waals surface area contributed by atoms with Gasteiger partial charge in [0.2, 0.25) is 0 Å². The van der Waals surface area contributed by atoms with E-state index in [9.17, 15) is 9.18 Å². The van der Waals surface area contributed by atoms with Crippen molar-refractivity contribution in [3.05, 3.63) is 81.6 Å². The fourth-order valence-corrected chi connectivity index (χ4v) is 2.67. The van der Waals surface area contributed by atoms with Gasteiger partial charge in [-0.25, -0.2) is 9.38 Å². The zero-order valence-corrected chi connectivity index (χ0v) is 19.0. The number of allylic oxidation sites excluding steroid dienone is 5. The van der Waals surface area contributed by atoms with Crippen LogP contribution in [0.4, 0.5) is 10.2 Å². The van der Waals surface area contributed by atoms with Crippen LogP contribution in [0.2, 0.25) is 0 Å². The normalized spacial score (nSPS) is 12.5. The molecule has 0 amide bonds. The number of aliphatic imine (C=N–C) groups is 1. The topological polar surface area (TPSA) is 70.1 Å². The molecule has 5 nitrogen and oxygen atoms in total. The van der Waals surface area contributed by atoms with E-state index >= 15 is 0 Å². The Morgan fingerprint density at radius 2 is 2.07 bits per heavy atom. The average molecular weight is 473 g/mol. The van der Waals surface area contributed by atoms with Gasteiger partial charge in [0, 0.05) is 34.1 Å². The van der Waals surface area contributed by atoms with Crippen molar-refractivity contribution < 1.29 is 9.18 Å². The Morgan fingerprint density at radius 3 is 2.63 bits per heavy atom. The minimum atomic E-state index is -0.192. The lowest BCUT2D eigenvalue weighted by atomic mass is 10.2. The first kappa shape index (κ1) is 25.0. The number of Topliss-reactive ketones (excluding diaryl/α,β-unsaturated/α-hetero) is 1.